The summed E-state index contributed by atoms with van der Waals surface area (Å²) in [5.74, 6) is 0. The normalized spacial score (nSPS) is 10.6. The van der Waals surface area contributed by atoms with Crippen LogP contribution in [-0.4, -0.2) is 15.8 Å². The summed E-state index contributed by atoms with van der Waals surface area (Å²) < 4.78 is 2.88. The number of nitrogens with zero attached hydrogens (tertiary/aromatic N) is 2. The van der Waals surface area contributed by atoms with Gasteiger partial charge in [-0.15, -0.1) is 0 Å². The summed E-state index contributed by atoms with van der Waals surface area (Å²) in [6.45, 7) is 5.92. The van der Waals surface area contributed by atoms with Gasteiger partial charge in [0.1, 0.15) is 0 Å². The predicted octanol–water partition coefficient (Wildman–Crippen LogP) is 5.20. The number of rotatable bonds is 3. The van der Waals surface area contributed by atoms with Crippen molar-refractivity contribution in [1.29, 1.82) is 0 Å². The molecule has 2 N–H and O–H groups in total. The number of hydrogen-bond acceptors (Lipinski definition) is 2. The average molecular weight is 399 g/mol. The number of benzene rings is 2. The molecule has 0 aliphatic heterocycles. The number of carbonyl (C=O) groups is 1. The first-order valence-corrected chi connectivity index (χ1v) is 8.71. The molecule has 128 valence electrons. The third-order valence-corrected chi connectivity index (χ3v) is 5.11. The molecule has 0 bridgehead atoms. The lowest BCUT2D eigenvalue weighted by Crippen LogP contribution is -2.19. The number of nitrogens with one attached hydrogen (secondary N) is 2. The quantitative estimate of drug-likeness (QED) is 0.636. The largest absolute Gasteiger partial charge is 0.323 e. The van der Waals surface area contributed by atoms with Crippen LogP contribution in [0.1, 0.15) is 17.0 Å². The van der Waals surface area contributed by atoms with Crippen LogP contribution in [0, 0.1) is 20.8 Å². The number of hydrogen-bond donors (Lipinski definition) is 2. The van der Waals surface area contributed by atoms with Gasteiger partial charge >= 0.3 is 6.03 Å². The molecule has 5 nitrogen and oxygen atoms in total. The van der Waals surface area contributed by atoms with E-state index in [1.54, 1.807) is 0 Å². The molecule has 1 heterocycles. The molecule has 0 aliphatic carbocycles. The molecule has 2 amide bonds. The van der Waals surface area contributed by atoms with E-state index in [1.165, 1.54) is 0 Å². The smallest absolute Gasteiger partial charge is 0.308 e. The van der Waals surface area contributed by atoms with Crippen LogP contribution in [0.2, 0.25) is 0 Å². The highest BCUT2D eigenvalue weighted by Gasteiger charge is 2.10. The van der Waals surface area contributed by atoms with Crippen LogP contribution in [0.3, 0.4) is 0 Å². The number of urea groups is 1. The van der Waals surface area contributed by atoms with Crippen molar-refractivity contribution in [3.63, 3.8) is 0 Å². The van der Waals surface area contributed by atoms with Crippen molar-refractivity contribution in [3.8, 4) is 5.69 Å². The van der Waals surface area contributed by atoms with Gasteiger partial charge in [-0.25, -0.2) is 9.48 Å². The van der Waals surface area contributed by atoms with E-state index in [2.05, 4.69) is 31.7 Å². The maximum Gasteiger partial charge on any atom is 0.323 e. The van der Waals surface area contributed by atoms with E-state index in [0.29, 0.717) is 0 Å². The van der Waals surface area contributed by atoms with Gasteiger partial charge in [0.15, 0.2) is 0 Å². The second-order valence-corrected chi connectivity index (χ2v) is 6.63. The van der Waals surface area contributed by atoms with Crippen LogP contribution in [0.25, 0.3) is 5.69 Å². The highest BCUT2D eigenvalue weighted by Crippen LogP contribution is 2.23. The van der Waals surface area contributed by atoms with Gasteiger partial charge in [-0.05, 0) is 72.6 Å². The SMILES string of the molecule is Cc1ccccc1NC(=O)Nc1ccc(-n2nc(C)c(Br)c2C)cc1. The van der Waals surface area contributed by atoms with Crippen molar-refractivity contribution in [2.75, 3.05) is 10.6 Å². The van der Waals surface area contributed by atoms with Gasteiger partial charge in [-0.1, -0.05) is 18.2 Å². The van der Waals surface area contributed by atoms with Crippen LogP contribution < -0.4 is 10.6 Å². The monoisotopic (exact) mass is 398 g/mol. The maximum atomic E-state index is 12.1. The zero-order chi connectivity index (χ0) is 18.0. The van der Waals surface area contributed by atoms with Gasteiger partial charge < -0.3 is 10.6 Å². The Kier molecular flexibility index (Phi) is 4.90. The Labute approximate surface area is 155 Å². The van der Waals surface area contributed by atoms with Crippen LogP contribution in [0.4, 0.5) is 16.2 Å². The molecule has 1 aromatic heterocycles. The van der Waals surface area contributed by atoms with Crippen molar-refractivity contribution in [1.82, 2.24) is 9.78 Å². The van der Waals surface area contributed by atoms with Gasteiger partial charge in [-0.2, -0.15) is 5.10 Å². The topological polar surface area (TPSA) is 59.0 Å². The van der Waals surface area contributed by atoms with Crippen LogP contribution in [0.5, 0.6) is 0 Å². The van der Waals surface area contributed by atoms with Crippen LogP contribution in [-0.2, 0) is 0 Å². The predicted molar refractivity (Wildman–Crippen MR) is 105 cm³/mol. The molecule has 2 aromatic carbocycles. The molecule has 0 fully saturated rings. The number of aryl methyl sites for hydroxylation is 2. The molecule has 0 atom stereocenters. The Morgan fingerprint density at radius 3 is 2.28 bits per heavy atom. The van der Waals surface area contributed by atoms with E-state index in [9.17, 15) is 4.79 Å². The second kappa shape index (κ2) is 7.11. The summed E-state index contributed by atoms with van der Waals surface area (Å²) in [7, 11) is 0. The van der Waals surface area contributed by atoms with Gasteiger partial charge in [-0.3, -0.25) is 0 Å². The molecule has 0 saturated carbocycles. The van der Waals surface area contributed by atoms with Crippen LogP contribution in [0.15, 0.2) is 53.0 Å². The van der Waals surface area contributed by atoms with Gasteiger partial charge in [0, 0.05) is 11.4 Å². The number of halogens is 1. The summed E-state index contributed by atoms with van der Waals surface area (Å²) in [5, 5.41) is 10.2. The number of aromatic nitrogens is 2. The fraction of sp³-hybridized carbons (Fsp3) is 0.158. The molecule has 3 aromatic rings. The lowest BCUT2D eigenvalue weighted by atomic mass is 10.2. The van der Waals surface area contributed by atoms with E-state index in [0.717, 1.165) is 38.5 Å². The summed E-state index contributed by atoms with van der Waals surface area (Å²) in [6, 6.07) is 15.0. The third kappa shape index (κ3) is 3.74. The minimum absolute atomic E-state index is 0.268. The van der Waals surface area contributed by atoms with Crippen LogP contribution >= 0.6 is 15.9 Å². The summed E-state index contributed by atoms with van der Waals surface area (Å²) in [6.07, 6.45) is 0. The molecule has 0 radical (unpaired) electrons. The first kappa shape index (κ1) is 17.2. The molecular formula is C19H19BrN4O. The first-order chi connectivity index (χ1) is 12.0. The maximum absolute atomic E-state index is 12.1. The molecule has 25 heavy (non-hydrogen) atoms. The summed E-state index contributed by atoms with van der Waals surface area (Å²) in [4.78, 5) is 12.1. The zero-order valence-electron chi connectivity index (χ0n) is 14.3. The zero-order valence-corrected chi connectivity index (χ0v) is 15.9. The standard InChI is InChI=1S/C19H19BrN4O/c1-12-6-4-5-7-17(12)22-19(25)21-15-8-10-16(11-9-15)24-14(3)18(20)13(2)23-24/h4-11H,1-3H3,(H2,21,22,25). The Morgan fingerprint density at radius 1 is 1.00 bits per heavy atom. The fourth-order valence-corrected chi connectivity index (χ4v) is 2.81. The third-order valence-electron chi connectivity index (χ3n) is 3.97. The number of anilines is 2. The van der Waals surface area contributed by atoms with E-state index in [1.807, 2.05) is 74.0 Å². The lowest BCUT2D eigenvalue weighted by molar-refractivity contribution is 0.262. The van der Waals surface area contributed by atoms with Gasteiger partial charge in [0.05, 0.1) is 21.5 Å². The van der Waals surface area contributed by atoms with E-state index >= 15 is 0 Å². The summed E-state index contributed by atoms with van der Waals surface area (Å²) in [5.41, 5.74) is 5.45. The first-order valence-electron chi connectivity index (χ1n) is 7.91. The Morgan fingerprint density at radius 2 is 1.68 bits per heavy atom. The van der Waals surface area contributed by atoms with Crippen molar-refractivity contribution in [2.24, 2.45) is 0 Å². The van der Waals surface area contributed by atoms with Crippen molar-refractivity contribution < 1.29 is 4.79 Å². The number of carbonyl (C=O) groups excluding carboxylic acids is 1. The highest BCUT2D eigenvalue weighted by molar-refractivity contribution is 9.10. The van der Waals surface area contributed by atoms with Gasteiger partial charge in [0.25, 0.3) is 0 Å². The number of para-hydroxylation sites is 1. The molecule has 0 unspecified atom stereocenters. The molecule has 0 saturated heterocycles. The fourth-order valence-electron chi connectivity index (χ4n) is 2.56. The van der Waals surface area contributed by atoms with E-state index < -0.39 is 0 Å². The second-order valence-electron chi connectivity index (χ2n) is 5.84. The molecule has 0 spiro atoms. The minimum Gasteiger partial charge on any atom is -0.308 e. The Hall–Kier alpha value is -2.60. The molecule has 0 aliphatic rings. The lowest BCUT2D eigenvalue weighted by Gasteiger charge is -2.10. The van der Waals surface area contributed by atoms with Crippen molar-refractivity contribution in [2.45, 2.75) is 20.8 Å². The Balaban J connectivity index is 1.71. The van der Waals surface area contributed by atoms with Crippen molar-refractivity contribution >= 4 is 33.3 Å². The van der Waals surface area contributed by atoms with E-state index in [-0.39, 0.29) is 6.03 Å². The Bertz CT molecular complexity index is 916. The van der Waals surface area contributed by atoms with E-state index in [4.69, 9.17) is 0 Å². The van der Waals surface area contributed by atoms with Gasteiger partial charge in [0.2, 0.25) is 0 Å². The average Bonchev–Trinajstić information content (AvgIpc) is 2.85. The van der Waals surface area contributed by atoms with Crippen molar-refractivity contribution in [3.05, 3.63) is 70.0 Å². The number of amides is 2. The minimum atomic E-state index is -0.268. The molecule has 3 rings (SSSR count). The molecular weight excluding hydrogens is 380 g/mol. The highest BCUT2D eigenvalue weighted by atomic mass is 79.9. The summed E-state index contributed by atoms with van der Waals surface area (Å²) >= 11 is 3.53. The molecule has 6 heteroatoms.